The molecule has 1 atom stereocenters. The topological polar surface area (TPSA) is 89.3 Å². The fourth-order valence-electron chi connectivity index (χ4n) is 2.07. The number of amides is 1. The van der Waals surface area contributed by atoms with Crippen LogP contribution in [-0.4, -0.2) is 31.9 Å². The lowest BCUT2D eigenvalue weighted by Crippen LogP contribution is -2.43. The van der Waals surface area contributed by atoms with Gasteiger partial charge in [-0.2, -0.15) is 0 Å². The predicted octanol–water partition coefficient (Wildman–Crippen LogP) is 1.34. The van der Waals surface area contributed by atoms with E-state index in [-0.39, 0.29) is 23.5 Å². The van der Waals surface area contributed by atoms with Crippen LogP contribution in [-0.2, 0) is 9.84 Å². The molecule has 1 fully saturated rings. The Balaban J connectivity index is 2.06. The first-order valence-electron chi connectivity index (χ1n) is 5.94. The molecule has 19 heavy (non-hydrogen) atoms. The van der Waals surface area contributed by atoms with Crippen molar-refractivity contribution in [3.63, 3.8) is 0 Å². The van der Waals surface area contributed by atoms with E-state index in [4.69, 9.17) is 5.73 Å². The molecule has 0 bridgehead atoms. The number of sulfone groups is 1. The zero-order valence-electron chi connectivity index (χ0n) is 10.2. The molecule has 1 saturated heterocycles. The molecule has 1 aromatic carbocycles. The maximum atomic E-state index is 12.0. The molecule has 1 aliphatic heterocycles. The zero-order chi connectivity index (χ0) is 14.0. The second-order valence-corrected chi connectivity index (χ2v) is 7.75. The van der Waals surface area contributed by atoms with Gasteiger partial charge in [0.05, 0.1) is 11.5 Å². The minimum Gasteiger partial charge on any atom is -0.398 e. The van der Waals surface area contributed by atoms with Gasteiger partial charge in [-0.3, -0.25) is 4.79 Å². The van der Waals surface area contributed by atoms with E-state index in [0.29, 0.717) is 28.6 Å². The molecule has 0 spiro atoms. The van der Waals surface area contributed by atoms with Gasteiger partial charge in [-0.15, -0.1) is 0 Å². The average Bonchev–Trinajstić information content (AvgIpc) is 2.31. The number of rotatable bonds is 2. The highest BCUT2D eigenvalue weighted by Crippen LogP contribution is 2.20. The summed E-state index contributed by atoms with van der Waals surface area (Å²) in [6.07, 6.45) is 1.29. The number of anilines is 1. The molecule has 0 saturated carbocycles. The highest BCUT2D eigenvalue weighted by Gasteiger charge is 2.26. The van der Waals surface area contributed by atoms with Crippen LogP contribution in [0.15, 0.2) is 22.7 Å². The minimum absolute atomic E-state index is 0.0227. The van der Waals surface area contributed by atoms with Crippen LogP contribution in [0.5, 0.6) is 0 Å². The van der Waals surface area contributed by atoms with Crippen molar-refractivity contribution in [2.45, 2.75) is 18.9 Å². The highest BCUT2D eigenvalue weighted by molar-refractivity contribution is 9.10. The largest absolute Gasteiger partial charge is 0.398 e. The lowest BCUT2D eigenvalue weighted by atomic mass is 10.1. The Morgan fingerprint density at radius 2 is 2.16 bits per heavy atom. The van der Waals surface area contributed by atoms with Crippen LogP contribution in [0.2, 0.25) is 0 Å². The number of nitrogens with one attached hydrogen (secondary N) is 1. The maximum Gasteiger partial charge on any atom is 0.251 e. The van der Waals surface area contributed by atoms with E-state index in [1.165, 1.54) is 0 Å². The Labute approximate surface area is 120 Å². The van der Waals surface area contributed by atoms with Gasteiger partial charge in [-0.05, 0) is 47.0 Å². The van der Waals surface area contributed by atoms with Crippen molar-refractivity contribution >= 4 is 37.4 Å². The number of nitrogen functional groups attached to an aromatic ring is 1. The van der Waals surface area contributed by atoms with E-state index in [1.807, 2.05) is 0 Å². The van der Waals surface area contributed by atoms with Crippen molar-refractivity contribution < 1.29 is 13.2 Å². The molecule has 7 heteroatoms. The molecule has 1 aliphatic rings. The molecule has 0 radical (unpaired) electrons. The average molecular weight is 347 g/mol. The van der Waals surface area contributed by atoms with Crippen molar-refractivity contribution in [3.05, 3.63) is 28.2 Å². The molecular weight excluding hydrogens is 332 g/mol. The first kappa shape index (κ1) is 14.3. The van der Waals surface area contributed by atoms with Crippen LogP contribution in [0.25, 0.3) is 0 Å². The quantitative estimate of drug-likeness (QED) is 0.790. The van der Waals surface area contributed by atoms with E-state index in [1.54, 1.807) is 18.2 Å². The van der Waals surface area contributed by atoms with Crippen molar-refractivity contribution in [3.8, 4) is 0 Å². The molecule has 1 amide bonds. The molecular formula is C12H15BrN2O3S. The highest BCUT2D eigenvalue weighted by atomic mass is 79.9. The number of benzene rings is 1. The predicted molar refractivity (Wildman–Crippen MR) is 77.7 cm³/mol. The summed E-state index contributed by atoms with van der Waals surface area (Å²) in [5.74, 6) is -0.0374. The summed E-state index contributed by atoms with van der Waals surface area (Å²) in [4.78, 5) is 12.0. The molecule has 1 heterocycles. The van der Waals surface area contributed by atoms with Crippen molar-refractivity contribution in [1.29, 1.82) is 0 Å². The van der Waals surface area contributed by atoms with Crippen LogP contribution in [0, 0.1) is 0 Å². The van der Waals surface area contributed by atoms with Crippen LogP contribution >= 0.6 is 15.9 Å². The fraction of sp³-hybridized carbons (Fsp3) is 0.417. The molecule has 1 aromatic rings. The summed E-state index contributed by atoms with van der Waals surface area (Å²) in [6, 6.07) is 4.58. The summed E-state index contributed by atoms with van der Waals surface area (Å²) in [6.45, 7) is 0. The van der Waals surface area contributed by atoms with E-state index in [9.17, 15) is 13.2 Å². The van der Waals surface area contributed by atoms with Crippen LogP contribution in [0.3, 0.4) is 0 Å². The first-order valence-corrected chi connectivity index (χ1v) is 8.55. The summed E-state index contributed by atoms with van der Waals surface area (Å²) < 4.78 is 23.7. The smallest absolute Gasteiger partial charge is 0.251 e. The number of halogens is 1. The van der Waals surface area contributed by atoms with E-state index < -0.39 is 9.84 Å². The van der Waals surface area contributed by atoms with Gasteiger partial charge in [0.15, 0.2) is 9.84 Å². The summed E-state index contributed by atoms with van der Waals surface area (Å²) >= 11 is 3.26. The Morgan fingerprint density at radius 1 is 1.42 bits per heavy atom. The number of carbonyl (C=O) groups excluding carboxylic acids is 1. The van der Waals surface area contributed by atoms with Crippen molar-refractivity contribution in [1.82, 2.24) is 5.32 Å². The van der Waals surface area contributed by atoms with Gasteiger partial charge in [0.1, 0.15) is 0 Å². The van der Waals surface area contributed by atoms with Gasteiger partial charge in [0, 0.05) is 21.8 Å². The van der Waals surface area contributed by atoms with E-state index >= 15 is 0 Å². The fourth-order valence-corrected chi connectivity index (χ4v) is 4.09. The van der Waals surface area contributed by atoms with Crippen molar-refractivity contribution in [2.75, 3.05) is 17.2 Å². The number of hydrogen-bond donors (Lipinski definition) is 2. The number of hydrogen-bond acceptors (Lipinski definition) is 4. The first-order chi connectivity index (χ1) is 8.87. The molecule has 2 rings (SSSR count). The number of carbonyl (C=O) groups is 1. The third-order valence-electron chi connectivity index (χ3n) is 3.06. The summed E-state index contributed by atoms with van der Waals surface area (Å²) in [5, 5.41) is 2.76. The van der Waals surface area contributed by atoms with E-state index in [2.05, 4.69) is 21.2 Å². The maximum absolute atomic E-state index is 12.0. The molecule has 1 unspecified atom stereocenters. The van der Waals surface area contributed by atoms with Gasteiger partial charge < -0.3 is 11.1 Å². The minimum atomic E-state index is -3.02. The van der Waals surface area contributed by atoms with Crippen molar-refractivity contribution in [2.24, 2.45) is 0 Å². The van der Waals surface area contributed by atoms with Crippen LogP contribution < -0.4 is 11.1 Å². The van der Waals surface area contributed by atoms with Crippen LogP contribution in [0.1, 0.15) is 23.2 Å². The third-order valence-corrected chi connectivity index (χ3v) is 5.57. The zero-order valence-corrected chi connectivity index (χ0v) is 12.6. The third kappa shape index (κ3) is 3.70. The Hall–Kier alpha value is -1.08. The molecule has 0 aromatic heterocycles. The Morgan fingerprint density at radius 3 is 2.79 bits per heavy atom. The normalized spacial score (nSPS) is 21.8. The second-order valence-electron chi connectivity index (χ2n) is 4.66. The standard InChI is InChI=1S/C12H15BrN2O3S/c13-10-6-8(3-4-11(10)14)12(16)15-9-2-1-5-19(17,18)7-9/h3-4,6,9H,1-2,5,7,14H2,(H,15,16). The van der Waals surface area contributed by atoms with Crippen LogP contribution in [0.4, 0.5) is 5.69 Å². The lowest BCUT2D eigenvalue weighted by molar-refractivity contribution is 0.0938. The monoisotopic (exact) mass is 346 g/mol. The van der Waals surface area contributed by atoms with Gasteiger partial charge in [0.25, 0.3) is 5.91 Å². The molecule has 0 aliphatic carbocycles. The molecule has 3 N–H and O–H groups in total. The lowest BCUT2D eigenvalue weighted by Gasteiger charge is -2.23. The second kappa shape index (κ2) is 5.50. The van der Waals surface area contributed by atoms with E-state index in [0.717, 1.165) is 0 Å². The SMILES string of the molecule is Nc1ccc(C(=O)NC2CCCS(=O)(=O)C2)cc1Br. The summed E-state index contributed by atoms with van der Waals surface area (Å²) in [5.41, 5.74) is 6.67. The molecule has 5 nitrogen and oxygen atoms in total. The van der Waals surface area contributed by atoms with Gasteiger partial charge in [-0.1, -0.05) is 0 Å². The Kier molecular flexibility index (Phi) is 4.15. The number of nitrogens with two attached hydrogens (primary N) is 1. The van der Waals surface area contributed by atoms with Gasteiger partial charge in [0.2, 0.25) is 0 Å². The Bertz CT molecular complexity index is 601. The summed E-state index contributed by atoms with van der Waals surface area (Å²) in [7, 11) is -3.02. The molecule has 104 valence electrons. The van der Waals surface area contributed by atoms with Gasteiger partial charge in [-0.25, -0.2) is 8.42 Å². The van der Waals surface area contributed by atoms with Gasteiger partial charge >= 0.3 is 0 Å².